The fraction of sp³-hybridized carbons (Fsp3) is 0.600. The second-order valence-corrected chi connectivity index (χ2v) is 9.79. The number of esters is 1. The summed E-state index contributed by atoms with van der Waals surface area (Å²) in [5.41, 5.74) is 0.165. The molecule has 7 nitrogen and oxygen atoms in total. The first-order chi connectivity index (χ1) is 16.5. The van der Waals surface area contributed by atoms with Gasteiger partial charge in [0.25, 0.3) is 0 Å². The Balaban J connectivity index is 2.08. The van der Waals surface area contributed by atoms with E-state index >= 15 is 0 Å². The molecule has 0 aliphatic carbocycles. The third-order valence-corrected chi connectivity index (χ3v) is 6.92. The minimum absolute atomic E-state index is 0.0410. The van der Waals surface area contributed by atoms with Crippen LogP contribution in [-0.2, 0) is 25.7 Å². The van der Waals surface area contributed by atoms with Crippen LogP contribution < -0.4 is 10.6 Å². The zero-order valence-corrected chi connectivity index (χ0v) is 21.7. The molecule has 2 amide bonds. The van der Waals surface area contributed by atoms with Crippen LogP contribution in [0.3, 0.4) is 0 Å². The molecular weight excluding hydrogens is 476 g/mol. The molecule has 0 bridgehead atoms. The Morgan fingerprint density at radius 3 is 2.46 bits per heavy atom. The van der Waals surface area contributed by atoms with E-state index in [0.717, 1.165) is 6.07 Å². The Bertz CT molecular complexity index is 943. The van der Waals surface area contributed by atoms with Crippen molar-refractivity contribution in [1.82, 2.24) is 15.5 Å². The number of rotatable bonds is 11. The van der Waals surface area contributed by atoms with Crippen LogP contribution in [0.15, 0.2) is 18.2 Å². The standard InChI is InChI=1S/C25H35F2N3O4S/c1-6-15(4)23(25(33)34-5)29-24(32)22(14(2)3)28-19(31)12-17-10-11-20(35)30(17)13-16-8-7-9-18(26)21(16)27/h7-9,14-15,17,22-23H,6,10-13H2,1-5H3,(H,28,31)(H,29,32)/t15-,17-,22-,23-/m0/s1. The molecule has 0 spiro atoms. The van der Waals surface area contributed by atoms with Crippen LogP contribution in [0.5, 0.6) is 0 Å². The summed E-state index contributed by atoms with van der Waals surface area (Å²) in [4.78, 5) is 40.4. The lowest BCUT2D eigenvalue weighted by atomic mass is 9.97. The number of halogens is 2. The Hall–Kier alpha value is -2.62. The van der Waals surface area contributed by atoms with Crippen LogP contribution in [0.2, 0.25) is 0 Å². The summed E-state index contributed by atoms with van der Waals surface area (Å²) in [6.07, 6.45) is 1.86. The number of methoxy groups -OCH3 is 1. The zero-order chi connectivity index (χ0) is 26.3. The van der Waals surface area contributed by atoms with Crippen LogP contribution in [0.25, 0.3) is 0 Å². The quantitative estimate of drug-likeness (QED) is 0.349. The van der Waals surface area contributed by atoms with Crippen molar-refractivity contribution < 1.29 is 27.9 Å². The summed E-state index contributed by atoms with van der Waals surface area (Å²) in [7, 11) is 1.26. The van der Waals surface area contributed by atoms with E-state index in [1.165, 1.54) is 19.2 Å². The number of thiocarbonyl (C=S) groups is 1. The molecule has 2 rings (SSSR count). The normalized spacial score (nSPS) is 18.2. The van der Waals surface area contributed by atoms with E-state index in [2.05, 4.69) is 10.6 Å². The Kier molecular flexibility index (Phi) is 10.5. The average Bonchev–Trinajstić information content (AvgIpc) is 3.16. The van der Waals surface area contributed by atoms with Gasteiger partial charge in [-0.1, -0.05) is 58.5 Å². The predicted octanol–water partition coefficient (Wildman–Crippen LogP) is 3.49. The molecule has 1 saturated heterocycles. The van der Waals surface area contributed by atoms with Gasteiger partial charge in [0.2, 0.25) is 11.8 Å². The number of carbonyl (C=O) groups excluding carboxylic acids is 3. The van der Waals surface area contributed by atoms with E-state index in [-0.39, 0.29) is 42.3 Å². The second kappa shape index (κ2) is 12.9. The van der Waals surface area contributed by atoms with Gasteiger partial charge >= 0.3 is 5.97 Å². The van der Waals surface area contributed by atoms with Gasteiger partial charge in [-0.25, -0.2) is 13.6 Å². The molecule has 1 fully saturated rings. The van der Waals surface area contributed by atoms with Gasteiger partial charge in [0.05, 0.1) is 12.1 Å². The molecule has 0 radical (unpaired) electrons. The Morgan fingerprint density at radius 1 is 1.17 bits per heavy atom. The Labute approximate surface area is 211 Å². The SMILES string of the molecule is CC[C@H](C)[C@H](NC(=O)[C@@H](NC(=O)C[C@@H]1CCC(=S)N1Cc1cccc(F)c1F)C(C)C)C(=O)OC. The molecule has 1 aromatic carbocycles. The lowest BCUT2D eigenvalue weighted by Gasteiger charge is -2.29. The summed E-state index contributed by atoms with van der Waals surface area (Å²) in [6.45, 7) is 7.39. The van der Waals surface area contributed by atoms with Crippen molar-refractivity contribution in [3.63, 3.8) is 0 Å². The van der Waals surface area contributed by atoms with Gasteiger partial charge < -0.3 is 20.3 Å². The minimum Gasteiger partial charge on any atom is -0.467 e. The summed E-state index contributed by atoms with van der Waals surface area (Å²) in [5.74, 6) is -3.62. The number of nitrogens with one attached hydrogen (secondary N) is 2. The van der Waals surface area contributed by atoms with Crippen molar-refractivity contribution in [2.24, 2.45) is 11.8 Å². The molecule has 0 aromatic heterocycles. The van der Waals surface area contributed by atoms with Gasteiger partial charge in [-0.05, 0) is 30.7 Å². The molecule has 0 unspecified atom stereocenters. The number of likely N-dealkylation sites (tertiary alicyclic amines) is 1. The highest BCUT2D eigenvalue weighted by atomic mass is 32.1. The van der Waals surface area contributed by atoms with Crippen molar-refractivity contribution in [3.05, 3.63) is 35.4 Å². The molecule has 1 aliphatic heterocycles. The first-order valence-corrected chi connectivity index (χ1v) is 12.3. The predicted molar refractivity (Wildman–Crippen MR) is 132 cm³/mol. The summed E-state index contributed by atoms with van der Waals surface area (Å²) < 4.78 is 32.6. The topological polar surface area (TPSA) is 87.7 Å². The van der Waals surface area contributed by atoms with E-state index in [0.29, 0.717) is 24.3 Å². The number of nitrogens with zero attached hydrogens (tertiary/aromatic N) is 1. The van der Waals surface area contributed by atoms with Gasteiger partial charge in [-0.3, -0.25) is 9.59 Å². The average molecular weight is 512 g/mol. The second-order valence-electron chi connectivity index (χ2n) is 9.32. The fourth-order valence-corrected chi connectivity index (χ4v) is 4.43. The molecule has 10 heteroatoms. The molecule has 194 valence electrons. The molecule has 1 heterocycles. The van der Waals surface area contributed by atoms with Crippen LogP contribution >= 0.6 is 12.2 Å². The smallest absolute Gasteiger partial charge is 0.328 e. The lowest BCUT2D eigenvalue weighted by molar-refractivity contribution is -0.147. The Morgan fingerprint density at radius 2 is 1.86 bits per heavy atom. The van der Waals surface area contributed by atoms with E-state index in [1.807, 2.05) is 13.8 Å². The molecule has 1 aromatic rings. The largest absolute Gasteiger partial charge is 0.467 e. The fourth-order valence-electron chi connectivity index (χ4n) is 4.10. The highest BCUT2D eigenvalue weighted by molar-refractivity contribution is 7.80. The van der Waals surface area contributed by atoms with Crippen molar-refractivity contribution in [2.75, 3.05) is 7.11 Å². The van der Waals surface area contributed by atoms with Gasteiger partial charge in [-0.15, -0.1) is 0 Å². The van der Waals surface area contributed by atoms with Crippen molar-refractivity contribution >= 4 is 35.0 Å². The number of hydrogen-bond donors (Lipinski definition) is 2. The number of benzene rings is 1. The van der Waals surface area contributed by atoms with Crippen LogP contribution in [-0.4, -0.2) is 52.9 Å². The molecule has 35 heavy (non-hydrogen) atoms. The maximum absolute atomic E-state index is 14.2. The molecule has 2 N–H and O–H groups in total. The van der Waals surface area contributed by atoms with Crippen molar-refractivity contribution in [1.29, 1.82) is 0 Å². The highest BCUT2D eigenvalue weighted by Crippen LogP contribution is 2.26. The summed E-state index contributed by atoms with van der Waals surface area (Å²) >= 11 is 5.41. The van der Waals surface area contributed by atoms with Crippen molar-refractivity contribution in [3.8, 4) is 0 Å². The van der Waals surface area contributed by atoms with E-state index in [9.17, 15) is 23.2 Å². The van der Waals surface area contributed by atoms with Gasteiger partial charge in [0.1, 0.15) is 12.1 Å². The van der Waals surface area contributed by atoms with E-state index < -0.39 is 35.6 Å². The van der Waals surface area contributed by atoms with Crippen molar-refractivity contribution in [2.45, 2.75) is 78.0 Å². The first kappa shape index (κ1) is 28.6. The van der Waals surface area contributed by atoms with E-state index in [4.69, 9.17) is 17.0 Å². The third-order valence-electron chi connectivity index (χ3n) is 6.48. The highest BCUT2D eigenvalue weighted by Gasteiger charge is 2.34. The third kappa shape index (κ3) is 7.43. The number of amides is 2. The van der Waals surface area contributed by atoms with Crippen LogP contribution in [0.1, 0.15) is 58.9 Å². The van der Waals surface area contributed by atoms with Crippen LogP contribution in [0, 0.1) is 23.5 Å². The number of ether oxygens (including phenoxy) is 1. The number of carbonyl (C=O) groups is 3. The maximum atomic E-state index is 14.2. The zero-order valence-electron chi connectivity index (χ0n) is 20.9. The monoisotopic (exact) mass is 511 g/mol. The first-order valence-electron chi connectivity index (χ1n) is 11.9. The lowest BCUT2D eigenvalue weighted by Crippen LogP contribution is -2.55. The molecular formula is C25H35F2N3O4S. The van der Waals surface area contributed by atoms with Crippen LogP contribution in [0.4, 0.5) is 8.78 Å². The summed E-state index contributed by atoms with van der Waals surface area (Å²) in [6, 6.07) is 1.99. The maximum Gasteiger partial charge on any atom is 0.328 e. The molecule has 0 saturated carbocycles. The van der Waals surface area contributed by atoms with Gasteiger partial charge in [-0.2, -0.15) is 0 Å². The molecule has 1 aliphatic rings. The van der Waals surface area contributed by atoms with E-state index in [1.54, 1.807) is 18.7 Å². The van der Waals surface area contributed by atoms with Gasteiger partial charge in [0.15, 0.2) is 11.6 Å². The summed E-state index contributed by atoms with van der Waals surface area (Å²) in [5, 5.41) is 5.50. The number of hydrogen-bond acceptors (Lipinski definition) is 5. The van der Waals surface area contributed by atoms with Gasteiger partial charge in [0, 0.05) is 24.6 Å². The minimum atomic E-state index is -0.935. The molecule has 4 atom stereocenters.